The van der Waals surface area contributed by atoms with Crippen molar-refractivity contribution < 1.29 is 4.79 Å². The Bertz CT molecular complexity index is 795. The Balaban J connectivity index is 1.78. The van der Waals surface area contributed by atoms with E-state index in [1.165, 1.54) is 5.56 Å². The number of carbonyl (C=O) groups excluding carboxylic acids is 1. The monoisotopic (exact) mass is 357 g/mol. The Kier molecular flexibility index (Phi) is 4.34. The highest BCUT2D eigenvalue weighted by Crippen LogP contribution is 2.16. The van der Waals surface area contributed by atoms with Crippen molar-refractivity contribution in [3.63, 3.8) is 0 Å². The normalized spacial score (nSPS) is 12.5. The Morgan fingerprint density at radius 1 is 1.18 bits per heavy atom. The summed E-state index contributed by atoms with van der Waals surface area (Å²) in [6, 6.07) is 15.5. The Morgan fingerprint density at radius 3 is 2.64 bits per heavy atom. The number of aromatic nitrogens is 3. The van der Waals surface area contributed by atoms with Gasteiger partial charge in [0.1, 0.15) is 5.52 Å². The average molecular weight is 358 g/mol. The largest absolute Gasteiger partial charge is 0.293 e. The number of nitrogens with zero attached hydrogens (tertiary/aromatic N) is 3. The van der Waals surface area contributed by atoms with Gasteiger partial charge >= 0.3 is 0 Å². The molecular weight excluding hydrogens is 342 g/mol. The van der Waals surface area contributed by atoms with Gasteiger partial charge < -0.3 is 0 Å². The van der Waals surface area contributed by atoms with Crippen LogP contribution in [0.4, 0.5) is 0 Å². The molecule has 0 aliphatic carbocycles. The van der Waals surface area contributed by atoms with Crippen molar-refractivity contribution in [2.24, 2.45) is 0 Å². The van der Waals surface area contributed by atoms with Crippen LogP contribution in [-0.4, -0.2) is 25.6 Å². The topological polar surface area (TPSA) is 47.8 Å². The van der Waals surface area contributed by atoms with Crippen molar-refractivity contribution in [3.05, 3.63) is 59.7 Å². The highest BCUT2D eigenvalue weighted by atomic mass is 79.9. The maximum atomic E-state index is 12.5. The van der Waals surface area contributed by atoms with Gasteiger partial charge in [0.2, 0.25) is 0 Å². The molecular formula is C17H16BrN3O. The van der Waals surface area contributed by atoms with E-state index in [1.807, 2.05) is 48.5 Å². The van der Waals surface area contributed by atoms with Crippen LogP contribution in [0.3, 0.4) is 0 Å². The number of hydrogen-bond acceptors (Lipinski definition) is 3. The van der Waals surface area contributed by atoms with Crippen LogP contribution in [0.25, 0.3) is 11.0 Å². The van der Waals surface area contributed by atoms with E-state index in [1.54, 1.807) is 4.68 Å². The first-order valence-electron chi connectivity index (χ1n) is 7.24. The fourth-order valence-electron chi connectivity index (χ4n) is 2.37. The number of hydrogen-bond donors (Lipinski definition) is 0. The molecule has 3 rings (SSSR count). The fourth-order valence-corrected chi connectivity index (χ4v) is 2.91. The van der Waals surface area contributed by atoms with Gasteiger partial charge in [-0.25, -0.2) is 4.68 Å². The molecule has 1 aromatic heterocycles. The van der Waals surface area contributed by atoms with Crippen molar-refractivity contribution in [2.75, 3.05) is 0 Å². The molecule has 4 nitrogen and oxygen atoms in total. The molecule has 0 saturated carbocycles. The van der Waals surface area contributed by atoms with Crippen molar-refractivity contribution >= 4 is 32.7 Å². The summed E-state index contributed by atoms with van der Waals surface area (Å²) in [5, 5.41) is 8.23. The van der Waals surface area contributed by atoms with Crippen molar-refractivity contribution in [3.8, 4) is 0 Å². The molecule has 1 atom stereocenters. The van der Waals surface area contributed by atoms with Gasteiger partial charge in [-0.3, -0.25) is 4.79 Å². The van der Waals surface area contributed by atoms with Gasteiger partial charge in [-0.2, -0.15) is 0 Å². The molecule has 5 heteroatoms. The lowest BCUT2D eigenvalue weighted by Crippen LogP contribution is -2.21. The number of rotatable bonds is 5. The summed E-state index contributed by atoms with van der Waals surface area (Å²) in [4.78, 5) is 12.2. The molecule has 0 aliphatic heterocycles. The van der Waals surface area contributed by atoms with Gasteiger partial charge in [-0.15, -0.1) is 5.10 Å². The lowest BCUT2D eigenvalue weighted by Gasteiger charge is -2.10. The number of carbonyl (C=O) groups is 1. The van der Waals surface area contributed by atoms with Gasteiger partial charge in [0, 0.05) is 5.56 Å². The number of benzene rings is 2. The van der Waals surface area contributed by atoms with Crippen LogP contribution in [0, 0.1) is 0 Å². The van der Waals surface area contributed by atoms with E-state index < -0.39 is 0 Å². The standard InChI is InChI=1S/C17H16BrN3O/c1-2-12-7-9-13(10-8-12)17(22)14(18)11-21-16-6-4-3-5-15(16)19-20-21/h3-10,14H,2,11H2,1H3. The molecule has 0 spiro atoms. The van der Waals surface area contributed by atoms with Gasteiger partial charge in [0.05, 0.1) is 16.9 Å². The van der Waals surface area contributed by atoms with Crippen LogP contribution < -0.4 is 0 Å². The second-order valence-electron chi connectivity index (χ2n) is 5.14. The molecule has 0 radical (unpaired) electrons. The molecule has 2 aromatic carbocycles. The summed E-state index contributed by atoms with van der Waals surface area (Å²) in [6.45, 7) is 2.55. The molecule has 0 aliphatic rings. The quantitative estimate of drug-likeness (QED) is 0.517. The molecule has 0 N–H and O–H groups in total. The van der Waals surface area contributed by atoms with E-state index in [-0.39, 0.29) is 10.6 Å². The third-order valence-electron chi connectivity index (χ3n) is 3.68. The number of para-hydroxylation sites is 1. The van der Waals surface area contributed by atoms with Crippen molar-refractivity contribution in [1.82, 2.24) is 15.0 Å². The highest BCUT2D eigenvalue weighted by Gasteiger charge is 2.19. The molecule has 0 amide bonds. The van der Waals surface area contributed by atoms with Crippen LogP contribution in [0.15, 0.2) is 48.5 Å². The second kappa shape index (κ2) is 6.40. The first-order valence-corrected chi connectivity index (χ1v) is 8.16. The first-order chi connectivity index (χ1) is 10.7. The van der Waals surface area contributed by atoms with E-state index in [0.29, 0.717) is 12.1 Å². The first kappa shape index (κ1) is 14.9. The van der Waals surface area contributed by atoms with Gasteiger partial charge in [-0.05, 0) is 24.1 Å². The van der Waals surface area contributed by atoms with Gasteiger partial charge in [0.25, 0.3) is 0 Å². The average Bonchev–Trinajstić information content (AvgIpc) is 2.97. The Morgan fingerprint density at radius 2 is 1.91 bits per heavy atom. The third-order valence-corrected chi connectivity index (χ3v) is 4.39. The third kappa shape index (κ3) is 2.95. The number of alkyl halides is 1. The Hall–Kier alpha value is -2.01. The summed E-state index contributed by atoms with van der Waals surface area (Å²) < 4.78 is 1.76. The molecule has 3 aromatic rings. The molecule has 22 heavy (non-hydrogen) atoms. The van der Waals surface area contributed by atoms with E-state index in [2.05, 4.69) is 33.2 Å². The highest BCUT2D eigenvalue weighted by molar-refractivity contribution is 9.10. The summed E-state index contributed by atoms with van der Waals surface area (Å²) in [5.41, 5.74) is 3.71. The zero-order valence-corrected chi connectivity index (χ0v) is 13.8. The van der Waals surface area contributed by atoms with Crippen LogP contribution in [0.5, 0.6) is 0 Å². The van der Waals surface area contributed by atoms with Crippen LogP contribution in [0.2, 0.25) is 0 Å². The molecule has 0 saturated heterocycles. The van der Waals surface area contributed by atoms with E-state index in [9.17, 15) is 4.79 Å². The smallest absolute Gasteiger partial charge is 0.178 e. The van der Waals surface area contributed by atoms with Gasteiger partial charge in [0.15, 0.2) is 5.78 Å². The maximum Gasteiger partial charge on any atom is 0.178 e. The minimum Gasteiger partial charge on any atom is -0.293 e. The van der Waals surface area contributed by atoms with E-state index in [4.69, 9.17) is 0 Å². The van der Waals surface area contributed by atoms with Gasteiger partial charge in [-0.1, -0.05) is 64.5 Å². The van der Waals surface area contributed by atoms with E-state index >= 15 is 0 Å². The SMILES string of the molecule is CCc1ccc(C(=O)C(Br)Cn2nnc3ccccc32)cc1. The summed E-state index contributed by atoms with van der Waals surface area (Å²) >= 11 is 3.48. The maximum absolute atomic E-state index is 12.5. The van der Waals surface area contributed by atoms with Crippen LogP contribution >= 0.6 is 15.9 Å². The Labute approximate surface area is 137 Å². The summed E-state index contributed by atoms with van der Waals surface area (Å²) in [5.74, 6) is 0.0576. The van der Waals surface area contributed by atoms with Crippen LogP contribution in [0.1, 0.15) is 22.8 Å². The predicted octanol–water partition coefficient (Wildman–Crippen LogP) is 3.64. The fraction of sp³-hybridized carbons (Fsp3) is 0.235. The van der Waals surface area contributed by atoms with Crippen molar-refractivity contribution in [2.45, 2.75) is 24.7 Å². The predicted molar refractivity (Wildman–Crippen MR) is 90.4 cm³/mol. The lowest BCUT2D eigenvalue weighted by molar-refractivity contribution is 0.0985. The zero-order chi connectivity index (χ0) is 15.5. The minimum absolute atomic E-state index is 0.0576. The molecule has 1 heterocycles. The number of fused-ring (bicyclic) bond motifs is 1. The minimum atomic E-state index is -0.329. The summed E-state index contributed by atoms with van der Waals surface area (Å²) in [6.07, 6.45) is 0.969. The number of halogens is 1. The molecule has 1 unspecified atom stereocenters. The second-order valence-corrected chi connectivity index (χ2v) is 6.25. The zero-order valence-electron chi connectivity index (χ0n) is 12.2. The number of Topliss-reactive ketones (excluding diaryl/α,β-unsaturated/α-hetero) is 1. The molecule has 0 bridgehead atoms. The molecule has 112 valence electrons. The lowest BCUT2D eigenvalue weighted by atomic mass is 10.0. The number of ketones is 1. The number of aryl methyl sites for hydroxylation is 1. The molecule has 0 fully saturated rings. The van der Waals surface area contributed by atoms with Crippen LogP contribution in [-0.2, 0) is 13.0 Å². The summed E-state index contributed by atoms with van der Waals surface area (Å²) in [7, 11) is 0. The van der Waals surface area contributed by atoms with E-state index in [0.717, 1.165) is 17.5 Å². The van der Waals surface area contributed by atoms with Crippen molar-refractivity contribution in [1.29, 1.82) is 0 Å².